The first-order chi connectivity index (χ1) is 15.5. The second-order valence-electron chi connectivity index (χ2n) is 8.91. The van der Waals surface area contributed by atoms with Crippen molar-refractivity contribution in [2.45, 2.75) is 39.2 Å². The first-order valence-electron chi connectivity index (χ1n) is 11.5. The number of carbonyl (C=O) groups is 2. The van der Waals surface area contributed by atoms with Gasteiger partial charge in [0.25, 0.3) is 0 Å². The summed E-state index contributed by atoms with van der Waals surface area (Å²) in [7, 11) is 1.67. The molecule has 2 aliphatic heterocycles. The molecule has 2 aromatic rings. The second kappa shape index (κ2) is 9.74. The summed E-state index contributed by atoms with van der Waals surface area (Å²) in [4.78, 5) is 30.0. The lowest BCUT2D eigenvalue weighted by Crippen LogP contribution is -2.40. The Bertz CT molecular complexity index is 984. The largest absolute Gasteiger partial charge is 0.497 e. The van der Waals surface area contributed by atoms with E-state index >= 15 is 0 Å². The Balaban J connectivity index is 1.44. The lowest BCUT2D eigenvalue weighted by Gasteiger charge is -2.29. The molecule has 0 radical (unpaired) electrons. The topological polar surface area (TPSA) is 61.9 Å². The molecular weight excluding hydrogens is 402 g/mol. The van der Waals surface area contributed by atoms with Crippen LogP contribution in [0.1, 0.15) is 42.0 Å². The average molecular weight is 436 g/mol. The third-order valence-corrected chi connectivity index (χ3v) is 6.89. The zero-order valence-electron chi connectivity index (χ0n) is 19.3. The molecule has 2 aliphatic rings. The number of amides is 2. The van der Waals surface area contributed by atoms with E-state index in [2.05, 4.69) is 22.3 Å². The highest BCUT2D eigenvalue weighted by Gasteiger charge is 2.36. The fourth-order valence-corrected chi connectivity index (χ4v) is 4.85. The molecule has 0 aliphatic carbocycles. The van der Waals surface area contributed by atoms with Gasteiger partial charge in [0.15, 0.2) is 0 Å². The number of rotatable bonds is 7. The summed E-state index contributed by atoms with van der Waals surface area (Å²) in [6, 6.07) is 14.2. The zero-order valence-corrected chi connectivity index (χ0v) is 19.3. The van der Waals surface area contributed by atoms with Gasteiger partial charge in [-0.25, -0.2) is 0 Å². The van der Waals surface area contributed by atoms with Crippen LogP contribution in [0.25, 0.3) is 0 Å². The van der Waals surface area contributed by atoms with E-state index in [-0.39, 0.29) is 30.2 Å². The molecule has 170 valence electrons. The Hall–Kier alpha value is -2.86. The summed E-state index contributed by atoms with van der Waals surface area (Å²) in [5, 5.41) is 3.16. The molecule has 2 amide bonds. The zero-order chi connectivity index (χ0) is 22.7. The molecule has 0 saturated carbocycles. The summed E-state index contributed by atoms with van der Waals surface area (Å²) in [5.74, 6) is 0.469. The standard InChI is InChI=1S/C26H33N3O3/c1-18-8-6-11-23(19(18)2)29-17-21(15-25(29)30)26(31)27-16-24(28-12-4-5-13-28)20-9-7-10-22(14-20)32-3/h6-11,14,21,24H,4-5,12-13,15-17H2,1-3H3,(H,27,31)/t21-,24+/m0/s1. The summed E-state index contributed by atoms with van der Waals surface area (Å²) < 4.78 is 5.41. The van der Waals surface area contributed by atoms with Gasteiger partial charge in [-0.05, 0) is 74.7 Å². The van der Waals surface area contributed by atoms with Gasteiger partial charge in [0.05, 0.1) is 19.1 Å². The summed E-state index contributed by atoms with van der Waals surface area (Å²) in [6.07, 6.45) is 2.61. The molecule has 0 spiro atoms. The van der Waals surface area contributed by atoms with E-state index in [0.717, 1.165) is 41.2 Å². The smallest absolute Gasteiger partial charge is 0.227 e. The number of methoxy groups -OCH3 is 1. The Kier molecular flexibility index (Phi) is 6.80. The molecule has 6 nitrogen and oxygen atoms in total. The lowest BCUT2D eigenvalue weighted by atomic mass is 10.0. The molecule has 0 bridgehead atoms. The van der Waals surface area contributed by atoms with Gasteiger partial charge in [0.2, 0.25) is 11.8 Å². The maximum Gasteiger partial charge on any atom is 0.227 e. The molecule has 0 aromatic heterocycles. The van der Waals surface area contributed by atoms with Crippen molar-refractivity contribution in [3.8, 4) is 5.75 Å². The van der Waals surface area contributed by atoms with Crippen LogP contribution in [0.15, 0.2) is 42.5 Å². The van der Waals surface area contributed by atoms with E-state index in [9.17, 15) is 9.59 Å². The van der Waals surface area contributed by atoms with Crippen molar-refractivity contribution in [1.29, 1.82) is 0 Å². The third-order valence-electron chi connectivity index (χ3n) is 6.89. The maximum atomic E-state index is 13.1. The average Bonchev–Trinajstić information content (AvgIpc) is 3.46. The van der Waals surface area contributed by atoms with E-state index in [0.29, 0.717) is 13.1 Å². The Morgan fingerprint density at radius 1 is 1.16 bits per heavy atom. The number of ether oxygens (including phenoxy) is 1. The summed E-state index contributed by atoms with van der Waals surface area (Å²) in [6.45, 7) is 7.09. The number of hydrogen-bond acceptors (Lipinski definition) is 4. The molecule has 2 fully saturated rings. The van der Waals surface area contributed by atoms with Gasteiger partial charge in [-0.2, -0.15) is 0 Å². The number of nitrogens with one attached hydrogen (secondary N) is 1. The molecule has 32 heavy (non-hydrogen) atoms. The predicted octanol–water partition coefficient (Wildman–Crippen LogP) is 3.62. The molecule has 2 heterocycles. The van der Waals surface area contributed by atoms with Crippen LogP contribution in [0.4, 0.5) is 5.69 Å². The minimum absolute atomic E-state index is 0.0164. The Morgan fingerprint density at radius 3 is 2.66 bits per heavy atom. The van der Waals surface area contributed by atoms with Crippen molar-refractivity contribution in [2.75, 3.05) is 38.2 Å². The van der Waals surface area contributed by atoms with Crippen LogP contribution in [-0.2, 0) is 9.59 Å². The number of nitrogens with zero attached hydrogens (tertiary/aromatic N) is 2. The molecule has 1 N–H and O–H groups in total. The van der Waals surface area contributed by atoms with Gasteiger partial charge in [0, 0.05) is 25.2 Å². The highest BCUT2D eigenvalue weighted by atomic mass is 16.5. The normalized spacial score (nSPS) is 19.9. The Labute approximate surface area is 190 Å². The predicted molar refractivity (Wildman–Crippen MR) is 126 cm³/mol. The third kappa shape index (κ3) is 4.65. The number of anilines is 1. The van der Waals surface area contributed by atoms with Crippen LogP contribution >= 0.6 is 0 Å². The van der Waals surface area contributed by atoms with E-state index in [4.69, 9.17) is 4.74 Å². The van der Waals surface area contributed by atoms with Gasteiger partial charge >= 0.3 is 0 Å². The van der Waals surface area contributed by atoms with Gasteiger partial charge < -0.3 is 15.0 Å². The molecule has 2 atom stereocenters. The van der Waals surface area contributed by atoms with E-state index < -0.39 is 0 Å². The first-order valence-corrected chi connectivity index (χ1v) is 11.5. The van der Waals surface area contributed by atoms with Crippen molar-refractivity contribution < 1.29 is 14.3 Å². The molecule has 6 heteroatoms. The van der Waals surface area contributed by atoms with Crippen LogP contribution in [0.5, 0.6) is 5.75 Å². The van der Waals surface area contributed by atoms with E-state index in [1.807, 2.05) is 44.2 Å². The first kappa shape index (κ1) is 22.3. The number of aryl methyl sites for hydroxylation is 1. The van der Waals surface area contributed by atoms with Crippen LogP contribution < -0.4 is 15.0 Å². The molecule has 0 unspecified atom stereocenters. The second-order valence-corrected chi connectivity index (χ2v) is 8.91. The van der Waals surface area contributed by atoms with E-state index in [1.165, 1.54) is 12.8 Å². The number of carbonyl (C=O) groups excluding carboxylic acids is 2. The van der Waals surface area contributed by atoms with Crippen LogP contribution in [-0.4, -0.2) is 50.0 Å². The highest BCUT2D eigenvalue weighted by Crippen LogP contribution is 2.30. The fraction of sp³-hybridized carbons (Fsp3) is 0.462. The number of benzene rings is 2. The molecule has 2 aromatic carbocycles. The SMILES string of the molecule is COc1cccc([C@@H](CNC(=O)[C@H]2CC(=O)N(c3cccc(C)c3C)C2)N2CCCC2)c1. The van der Waals surface area contributed by atoms with Gasteiger partial charge in [-0.3, -0.25) is 14.5 Å². The highest BCUT2D eigenvalue weighted by molar-refractivity contribution is 6.00. The van der Waals surface area contributed by atoms with Crippen molar-refractivity contribution in [3.63, 3.8) is 0 Å². The number of likely N-dealkylation sites (tertiary alicyclic amines) is 1. The quantitative estimate of drug-likeness (QED) is 0.722. The lowest BCUT2D eigenvalue weighted by molar-refractivity contribution is -0.126. The van der Waals surface area contributed by atoms with E-state index in [1.54, 1.807) is 12.0 Å². The minimum atomic E-state index is -0.327. The van der Waals surface area contributed by atoms with Gasteiger partial charge in [0.1, 0.15) is 5.75 Å². The van der Waals surface area contributed by atoms with Gasteiger partial charge in [-0.15, -0.1) is 0 Å². The van der Waals surface area contributed by atoms with Crippen LogP contribution in [0, 0.1) is 19.8 Å². The van der Waals surface area contributed by atoms with Crippen molar-refractivity contribution >= 4 is 17.5 Å². The fourth-order valence-electron chi connectivity index (χ4n) is 4.85. The molecule has 4 rings (SSSR count). The summed E-state index contributed by atoms with van der Waals surface area (Å²) >= 11 is 0. The Morgan fingerprint density at radius 2 is 1.91 bits per heavy atom. The molecule has 2 saturated heterocycles. The monoisotopic (exact) mass is 435 g/mol. The minimum Gasteiger partial charge on any atom is -0.497 e. The van der Waals surface area contributed by atoms with Crippen molar-refractivity contribution in [2.24, 2.45) is 5.92 Å². The van der Waals surface area contributed by atoms with Crippen LogP contribution in [0.2, 0.25) is 0 Å². The van der Waals surface area contributed by atoms with Gasteiger partial charge in [-0.1, -0.05) is 24.3 Å². The van der Waals surface area contributed by atoms with Crippen LogP contribution in [0.3, 0.4) is 0 Å². The van der Waals surface area contributed by atoms with Crippen molar-refractivity contribution in [3.05, 3.63) is 59.2 Å². The maximum absolute atomic E-state index is 13.1. The summed E-state index contributed by atoms with van der Waals surface area (Å²) in [5.41, 5.74) is 4.30. The number of hydrogen-bond donors (Lipinski definition) is 1. The van der Waals surface area contributed by atoms with Crippen molar-refractivity contribution in [1.82, 2.24) is 10.2 Å². The molecular formula is C26H33N3O3.